The minimum absolute atomic E-state index is 0.0295. The van der Waals surface area contributed by atoms with Gasteiger partial charge in [0.2, 0.25) is 5.91 Å². The first-order chi connectivity index (χ1) is 13.4. The molecule has 1 heterocycles. The number of nitrogens with one attached hydrogen (secondary N) is 1. The van der Waals surface area contributed by atoms with Crippen LogP contribution in [0, 0.1) is 5.92 Å². The molecule has 1 N–H and O–H groups in total. The normalized spacial score (nSPS) is 15.3. The Morgan fingerprint density at radius 3 is 2.25 bits per heavy atom. The van der Waals surface area contributed by atoms with Crippen molar-refractivity contribution in [1.82, 2.24) is 10.2 Å². The number of carbonyl (C=O) groups excluding carboxylic acids is 2. The quantitative estimate of drug-likeness (QED) is 0.492. The lowest BCUT2D eigenvalue weighted by molar-refractivity contribution is -0.127. The molecule has 2 rings (SSSR count). The van der Waals surface area contributed by atoms with Crippen molar-refractivity contribution in [1.29, 1.82) is 0 Å². The van der Waals surface area contributed by atoms with Crippen LogP contribution < -0.4 is 10.2 Å². The minimum atomic E-state index is -0.0436. The zero-order valence-electron chi connectivity index (χ0n) is 17.7. The van der Waals surface area contributed by atoms with E-state index in [-0.39, 0.29) is 30.3 Å². The Morgan fingerprint density at radius 1 is 1.04 bits per heavy atom. The van der Waals surface area contributed by atoms with E-state index in [1.54, 1.807) is 0 Å². The maximum absolute atomic E-state index is 12.1. The second-order valence-electron chi connectivity index (χ2n) is 7.96. The van der Waals surface area contributed by atoms with Crippen LogP contribution in [0.15, 0.2) is 24.3 Å². The smallest absolute Gasteiger partial charge is 0.246 e. The van der Waals surface area contributed by atoms with E-state index in [9.17, 15) is 9.59 Å². The molecule has 0 aromatic heterocycles. The number of piperazine rings is 1. The lowest BCUT2D eigenvalue weighted by atomic mass is 10.0. The van der Waals surface area contributed by atoms with Crippen molar-refractivity contribution in [3.63, 3.8) is 0 Å². The fourth-order valence-corrected chi connectivity index (χ4v) is 3.22. The first-order valence-corrected chi connectivity index (χ1v) is 10.4. The highest BCUT2D eigenvalue weighted by molar-refractivity contribution is 5.97. The molecule has 1 aromatic carbocycles. The van der Waals surface area contributed by atoms with E-state index in [2.05, 4.69) is 27.2 Å². The van der Waals surface area contributed by atoms with Gasteiger partial charge in [-0.25, -0.2) is 0 Å². The zero-order chi connectivity index (χ0) is 20.5. The van der Waals surface area contributed by atoms with Gasteiger partial charge in [0.15, 0.2) is 5.78 Å². The van der Waals surface area contributed by atoms with Crippen molar-refractivity contribution in [2.45, 2.75) is 40.2 Å². The molecule has 1 aliphatic heterocycles. The molecule has 0 saturated carbocycles. The topological polar surface area (TPSA) is 61.9 Å². The Hall–Kier alpha value is -1.92. The molecule has 1 aliphatic rings. The van der Waals surface area contributed by atoms with Crippen molar-refractivity contribution in [3.8, 4) is 0 Å². The number of ketones is 1. The third-order valence-corrected chi connectivity index (χ3v) is 4.93. The number of carbonyl (C=O) groups is 2. The largest absolute Gasteiger partial charge is 0.369 e. The molecular weight excluding hydrogens is 354 g/mol. The number of Topliss-reactive ketones (excluding diaryl/α,β-unsaturated/α-hetero) is 1. The highest BCUT2D eigenvalue weighted by Gasteiger charge is 2.17. The Balaban J connectivity index is 1.66. The molecule has 0 spiro atoms. The highest BCUT2D eigenvalue weighted by atomic mass is 16.5. The van der Waals surface area contributed by atoms with Crippen LogP contribution in [-0.4, -0.2) is 68.6 Å². The van der Waals surface area contributed by atoms with E-state index in [1.165, 1.54) is 5.69 Å². The lowest BCUT2D eigenvalue weighted by Gasteiger charge is -2.36. The van der Waals surface area contributed by atoms with Crippen LogP contribution in [0.2, 0.25) is 0 Å². The van der Waals surface area contributed by atoms with E-state index in [0.29, 0.717) is 6.54 Å². The van der Waals surface area contributed by atoms with Crippen LogP contribution in [0.1, 0.15) is 44.5 Å². The van der Waals surface area contributed by atoms with Crippen LogP contribution >= 0.6 is 0 Å². The van der Waals surface area contributed by atoms with Crippen molar-refractivity contribution >= 4 is 17.4 Å². The van der Waals surface area contributed by atoms with Gasteiger partial charge in [-0.15, -0.1) is 0 Å². The molecule has 1 aromatic rings. The van der Waals surface area contributed by atoms with Gasteiger partial charge in [0, 0.05) is 49.9 Å². The Bertz CT molecular complexity index is 620. The van der Waals surface area contributed by atoms with Gasteiger partial charge in [0.25, 0.3) is 0 Å². The fourth-order valence-electron chi connectivity index (χ4n) is 3.22. The van der Waals surface area contributed by atoms with Gasteiger partial charge >= 0.3 is 0 Å². The highest BCUT2D eigenvalue weighted by Crippen LogP contribution is 2.19. The van der Waals surface area contributed by atoms with Crippen molar-refractivity contribution in [2.24, 2.45) is 5.92 Å². The van der Waals surface area contributed by atoms with E-state index in [1.807, 2.05) is 39.8 Å². The first-order valence-electron chi connectivity index (χ1n) is 10.4. The van der Waals surface area contributed by atoms with Gasteiger partial charge in [-0.2, -0.15) is 0 Å². The van der Waals surface area contributed by atoms with Crippen LogP contribution in [0.5, 0.6) is 0 Å². The first kappa shape index (κ1) is 22.4. The standard InChI is InChI=1S/C22H35N3O3/c1-17(2)22(27)19-6-8-20(9-7-19)25-14-12-24(13-15-25)11-5-10-23-21(26)16-28-18(3)4/h6-9,17-18H,5,10-16H2,1-4H3,(H,23,26). The average molecular weight is 390 g/mol. The summed E-state index contributed by atoms with van der Waals surface area (Å²) in [5.74, 6) is 0.180. The predicted molar refractivity (Wildman–Crippen MR) is 113 cm³/mol. The summed E-state index contributed by atoms with van der Waals surface area (Å²) in [6.45, 7) is 13.5. The van der Waals surface area contributed by atoms with Crippen molar-refractivity contribution < 1.29 is 14.3 Å². The Morgan fingerprint density at radius 2 is 1.68 bits per heavy atom. The van der Waals surface area contributed by atoms with Gasteiger partial charge in [-0.05, 0) is 51.1 Å². The molecule has 0 bridgehead atoms. The van der Waals surface area contributed by atoms with Crippen LogP contribution in [0.3, 0.4) is 0 Å². The number of nitrogens with zero attached hydrogens (tertiary/aromatic N) is 2. The van der Waals surface area contributed by atoms with Gasteiger partial charge in [0.05, 0.1) is 6.10 Å². The third-order valence-electron chi connectivity index (χ3n) is 4.93. The summed E-state index contributed by atoms with van der Waals surface area (Å²) in [6.07, 6.45) is 1.02. The number of hydrogen-bond acceptors (Lipinski definition) is 5. The summed E-state index contributed by atoms with van der Waals surface area (Å²) in [4.78, 5) is 28.5. The van der Waals surface area contributed by atoms with Crippen LogP contribution in [0.25, 0.3) is 0 Å². The molecule has 1 amide bonds. The molecule has 6 heteroatoms. The number of anilines is 1. The maximum Gasteiger partial charge on any atom is 0.246 e. The zero-order valence-corrected chi connectivity index (χ0v) is 17.7. The number of rotatable bonds is 10. The molecule has 1 saturated heterocycles. The van der Waals surface area contributed by atoms with E-state index < -0.39 is 0 Å². The maximum atomic E-state index is 12.1. The summed E-state index contributed by atoms with van der Waals surface area (Å²) in [7, 11) is 0. The van der Waals surface area contributed by atoms with Crippen LogP contribution in [-0.2, 0) is 9.53 Å². The summed E-state index contributed by atoms with van der Waals surface area (Å²) in [5, 5.41) is 2.91. The Kier molecular flexibility index (Phi) is 8.93. The SMILES string of the molecule is CC(C)OCC(=O)NCCCN1CCN(c2ccc(C(=O)C(C)C)cc2)CC1. The summed E-state index contributed by atoms with van der Waals surface area (Å²) >= 11 is 0. The monoisotopic (exact) mass is 389 g/mol. The van der Waals surface area contributed by atoms with Crippen molar-refractivity contribution in [2.75, 3.05) is 50.8 Å². The average Bonchev–Trinajstić information content (AvgIpc) is 2.69. The lowest BCUT2D eigenvalue weighted by Crippen LogP contribution is -2.47. The molecule has 156 valence electrons. The van der Waals surface area contributed by atoms with Crippen molar-refractivity contribution in [3.05, 3.63) is 29.8 Å². The Labute approximate surface area is 169 Å². The van der Waals surface area contributed by atoms with E-state index >= 15 is 0 Å². The third kappa shape index (κ3) is 7.24. The van der Waals surface area contributed by atoms with Gasteiger partial charge in [0.1, 0.15) is 6.61 Å². The molecule has 0 radical (unpaired) electrons. The number of amides is 1. The van der Waals surface area contributed by atoms with E-state index in [4.69, 9.17) is 4.74 Å². The molecule has 0 aliphatic carbocycles. The molecule has 28 heavy (non-hydrogen) atoms. The molecule has 6 nitrogen and oxygen atoms in total. The summed E-state index contributed by atoms with van der Waals surface area (Å²) < 4.78 is 5.29. The van der Waals surface area contributed by atoms with Crippen LogP contribution in [0.4, 0.5) is 5.69 Å². The summed E-state index contributed by atoms with van der Waals surface area (Å²) in [5.41, 5.74) is 1.97. The second-order valence-corrected chi connectivity index (χ2v) is 7.96. The predicted octanol–water partition coefficient (Wildman–Crippen LogP) is 2.58. The summed E-state index contributed by atoms with van der Waals surface area (Å²) in [6, 6.07) is 7.99. The molecular formula is C22H35N3O3. The second kappa shape index (κ2) is 11.2. The van der Waals surface area contributed by atoms with Gasteiger partial charge < -0.3 is 15.0 Å². The molecule has 0 unspecified atom stereocenters. The fraction of sp³-hybridized carbons (Fsp3) is 0.636. The number of ether oxygens (including phenoxy) is 1. The molecule has 0 atom stereocenters. The minimum Gasteiger partial charge on any atom is -0.369 e. The molecule has 1 fully saturated rings. The van der Waals surface area contributed by atoms with E-state index in [0.717, 1.165) is 44.7 Å². The number of benzene rings is 1. The van der Waals surface area contributed by atoms with Gasteiger partial charge in [-0.1, -0.05) is 13.8 Å². The van der Waals surface area contributed by atoms with Gasteiger partial charge in [-0.3, -0.25) is 14.5 Å². The number of hydrogen-bond donors (Lipinski definition) is 1.